The van der Waals surface area contributed by atoms with Crippen molar-refractivity contribution in [2.45, 2.75) is 33.1 Å². The second-order valence-corrected chi connectivity index (χ2v) is 11.7. The average molecular weight is 654 g/mol. The number of fused-ring (bicyclic) bond motifs is 1. The monoisotopic (exact) mass is 653 g/mol. The molecule has 0 aliphatic heterocycles. The lowest BCUT2D eigenvalue weighted by Gasteiger charge is -2.18. The summed E-state index contributed by atoms with van der Waals surface area (Å²) >= 11 is 1.26. The standard InChI is InChI=1S/C35H31N3O8S/c1-3-44-35(43)29-26-17-14-21(2)18-28(26)47-32(29)37-30(39)31(40)38-36-20-24-15-16-25(45-33(41)22-10-6-4-7-11-22)19-27(24)46-34(42)23-12-8-5-9-13-23/h4-13,15-16,19-21H,3,14,17-18H2,1-2H3,(H,37,39)(H,38,40)/b36-20+. The molecule has 2 amide bonds. The minimum absolute atomic E-state index is 0.0165. The van der Waals surface area contributed by atoms with Gasteiger partial charge in [-0.3, -0.25) is 9.59 Å². The Bertz CT molecular complexity index is 1840. The largest absolute Gasteiger partial charge is 0.462 e. The fraction of sp³-hybridized carbons (Fsp3) is 0.200. The Morgan fingerprint density at radius 1 is 0.872 bits per heavy atom. The fourth-order valence-electron chi connectivity index (χ4n) is 4.88. The van der Waals surface area contributed by atoms with Crippen molar-refractivity contribution < 1.29 is 38.2 Å². The number of nitrogens with one attached hydrogen (secondary N) is 2. The van der Waals surface area contributed by atoms with Crippen molar-refractivity contribution in [3.8, 4) is 11.5 Å². The zero-order valence-electron chi connectivity index (χ0n) is 25.6. The van der Waals surface area contributed by atoms with Crippen molar-refractivity contribution in [2.24, 2.45) is 11.0 Å². The van der Waals surface area contributed by atoms with Crippen LogP contribution in [-0.2, 0) is 27.2 Å². The van der Waals surface area contributed by atoms with E-state index in [-0.39, 0.29) is 39.8 Å². The van der Waals surface area contributed by atoms with E-state index in [2.05, 4.69) is 22.8 Å². The van der Waals surface area contributed by atoms with Gasteiger partial charge in [-0.05, 0) is 74.1 Å². The predicted molar refractivity (Wildman–Crippen MR) is 175 cm³/mol. The third kappa shape index (κ3) is 8.16. The van der Waals surface area contributed by atoms with Crippen molar-refractivity contribution in [3.05, 3.63) is 112 Å². The number of thiophene rings is 1. The average Bonchev–Trinajstić information content (AvgIpc) is 3.43. The molecule has 3 aromatic carbocycles. The molecule has 1 heterocycles. The highest BCUT2D eigenvalue weighted by Crippen LogP contribution is 2.40. The second kappa shape index (κ2) is 15.1. The minimum Gasteiger partial charge on any atom is -0.462 e. The molecule has 0 fully saturated rings. The molecular weight excluding hydrogens is 622 g/mol. The number of hydrazone groups is 1. The number of hydrogen-bond acceptors (Lipinski definition) is 10. The molecule has 2 N–H and O–H groups in total. The van der Waals surface area contributed by atoms with Crippen molar-refractivity contribution >= 4 is 52.3 Å². The van der Waals surface area contributed by atoms with Crippen LogP contribution < -0.4 is 20.2 Å². The first kappa shape index (κ1) is 32.8. The van der Waals surface area contributed by atoms with E-state index in [0.717, 1.165) is 23.3 Å². The number of carbonyl (C=O) groups is 5. The first-order valence-corrected chi connectivity index (χ1v) is 15.7. The molecule has 0 spiro atoms. The molecule has 5 rings (SSSR count). The summed E-state index contributed by atoms with van der Waals surface area (Å²) in [5, 5.41) is 6.66. The Kier molecular flexibility index (Phi) is 10.5. The molecule has 0 saturated carbocycles. The third-order valence-corrected chi connectivity index (χ3v) is 8.38. The maximum Gasteiger partial charge on any atom is 0.343 e. The smallest absolute Gasteiger partial charge is 0.343 e. The molecule has 1 aromatic heterocycles. The predicted octanol–water partition coefficient (Wildman–Crippen LogP) is 5.58. The minimum atomic E-state index is -1.09. The Morgan fingerprint density at radius 3 is 2.19 bits per heavy atom. The quantitative estimate of drug-likeness (QED) is 0.0782. The molecular formula is C35H31N3O8S. The highest BCUT2D eigenvalue weighted by molar-refractivity contribution is 7.17. The summed E-state index contributed by atoms with van der Waals surface area (Å²) in [6.45, 7) is 3.98. The van der Waals surface area contributed by atoms with Crippen LogP contribution in [0.2, 0.25) is 0 Å². The number of ether oxygens (including phenoxy) is 3. The van der Waals surface area contributed by atoms with Gasteiger partial charge in [0, 0.05) is 16.5 Å². The van der Waals surface area contributed by atoms with Crippen molar-refractivity contribution in [3.63, 3.8) is 0 Å². The van der Waals surface area contributed by atoms with Crippen LogP contribution in [0.5, 0.6) is 11.5 Å². The normalized spacial score (nSPS) is 13.7. The molecule has 1 aliphatic carbocycles. The van der Waals surface area contributed by atoms with Crippen molar-refractivity contribution in [1.82, 2.24) is 5.43 Å². The van der Waals surface area contributed by atoms with Gasteiger partial charge in [0.25, 0.3) is 0 Å². The Labute approximate surface area is 274 Å². The lowest BCUT2D eigenvalue weighted by molar-refractivity contribution is -0.136. The summed E-state index contributed by atoms with van der Waals surface area (Å²) in [6.07, 6.45) is 3.52. The molecule has 4 aromatic rings. The number of esters is 3. The summed E-state index contributed by atoms with van der Waals surface area (Å²) in [6, 6.07) is 20.9. The second-order valence-electron chi connectivity index (χ2n) is 10.6. The van der Waals surface area contributed by atoms with Crippen LogP contribution >= 0.6 is 11.3 Å². The molecule has 240 valence electrons. The van der Waals surface area contributed by atoms with Gasteiger partial charge in [-0.1, -0.05) is 43.3 Å². The molecule has 0 bridgehead atoms. The summed E-state index contributed by atoms with van der Waals surface area (Å²) < 4.78 is 16.3. The number of rotatable bonds is 9. The topological polar surface area (TPSA) is 149 Å². The summed E-state index contributed by atoms with van der Waals surface area (Å²) in [7, 11) is 0. The van der Waals surface area contributed by atoms with Crippen LogP contribution in [-0.4, -0.2) is 42.5 Å². The van der Waals surface area contributed by atoms with Crippen LogP contribution in [0.3, 0.4) is 0 Å². The Balaban J connectivity index is 1.31. The first-order valence-electron chi connectivity index (χ1n) is 14.9. The van der Waals surface area contributed by atoms with E-state index in [1.54, 1.807) is 67.6 Å². The molecule has 1 aliphatic rings. The molecule has 1 atom stereocenters. The van der Waals surface area contributed by atoms with Crippen LogP contribution in [0.4, 0.5) is 5.00 Å². The van der Waals surface area contributed by atoms with Gasteiger partial charge in [-0.25, -0.2) is 19.8 Å². The Hall–Kier alpha value is -5.62. The Morgan fingerprint density at radius 2 is 1.53 bits per heavy atom. The maximum atomic E-state index is 12.8. The van der Waals surface area contributed by atoms with Gasteiger partial charge in [0.15, 0.2) is 0 Å². The van der Waals surface area contributed by atoms with Gasteiger partial charge in [-0.15, -0.1) is 11.3 Å². The van der Waals surface area contributed by atoms with Gasteiger partial charge < -0.3 is 19.5 Å². The van der Waals surface area contributed by atoms with Crippen LogP contribution in [0.25, 0.3) is 0 Å². The van der Waals surface area contributed by atoms with E-state index in [1.165, 1.54) is 35.8 Å². The number of amides is 2. The van der Waals surface area contributed by atoms with Crippen molar-refractivity contribution in [2.75, 3.05) is 11.9 Å². The zero-order chi connectivity index (χ0) is 33.3. The maximum absolute atomic E-state index is 12.8. The molecule has 47 heavy (non-hydrogen) atoms. The third-order valence-electron chi connectivity index (χ3n) is 7.21. The van der Waals surface area contributed by atoms with E-state index in [4.69, 9.17) is 14.2 Å². The highest BCUT2D eigenvalue weighted by atomic mass is 32.1. The van der Waals surface area contributed by atoms with Gasteiger partial charge in [0.2, 0.25) is 0 Å². The lowest BCUT2D eigenvalue weighted by Crippen LogP contribution is -2.32. The first-order chi connectivity index (χ1) is 22.7. The van der Waals surface area contributed by atoms with Gasteiger partial charge >= 0.3 is 29.7 Å². The van der Waals surface area contributed by atoms with E-state index in [9.17, 15) is 24.0 Å². The SMILES string of the molecule is CCOC(=O)c1c(NC(=O)C(=O)N/N=C/c2ccc(OC(=O)c3ccccc3)cc2OC(=O)c2ccccc2)sc2c1CCC(C)C2. The van der Waals surface area contributed by atoms with Crippen LogP contribution in [0.15, 0.2) is 84.0 Å². The summed E-state index contributed by atoms with van der Waals surface area (Å²) in [4.78, 5) is 64.7. The number of hydrogen-bond donors (Lipinski definition) is 2. The van der Waals surface area contributed by atoms with Gasteiger partial charge in [0.1, 0.15) is 16.5 Å². The lowest BCUT2D eigenvalue weighted by atomic mass is 9.88. The van der Waals surface area contributed by atoms with Crippen LogP contribution in [0.1, 0.15) is 67.3 Å². The molecule has 11 nitrogen and oxygen atoms in total. The molecule has 12 heteroatoms. The van der Waals surface area contributed by atoms with E-state index in [0.29, 0.717) is 17.9 Å². The number of carbonyl (C=O) groups excluding carboxylic acids is 5. The summed E-state index contributed by atoms with van der Waals surface area (Å²) in [5.74, 6) is -3.45. The van der Waals surface area contributed by atoms with Crippen LogP contribution in [0, 0.1) is 5.92 Å². The number of anilines is 1. The zero-order valence-corrected chi connectivity index (χ0v) is 26.4. The molecule has 1 unspecified atom stereocenters. The summed E-state index contributed by atoms with van der Waals surface area (Å²) in [5.41, 5.74) is 4.12. The van der Waals surface area contributed by atoms with E-state index < -0.39 is 29.7 Å². The van der Waals surface area contributed by atoms with E-state index >= 15 is 0 Å². The van der Waals surface area contributed by atoms with E-state index in [1.807, 2.05) is 0 Å². The molecule has 0 saturated heterocycles. The van der Waals surface area contributed by atoms with Gasteiger partial charge in [0.05, 0.1) is 29.5 Å². The number of benzene rings is 3. The van der Waals surface area contributed by atoms with Gasteiger partial charge in [-0.2, -0.15) is 5.10 Å². The number of nitrogens with zero attached hydrogens (tertiary/aromatic N) is 1. The fourth-order valence-corrected chi connectivity index (χ4v) is 6.27. The van der Waals surface area contributed by atoms with Crippen molar-refractivity contribution in [1.29, 1.82) is 0 Å². The molecule has 0 radical (unpaired) electrons. The highest BCUT2D eigenvalue weighted by Gasteiger charge is 2.30.